The summed E-state index contributed by atoms with van der Waals surface area (Å²) in [5.41, 5.74) is 14.5. The van der Waals surface area contributed by atoms with Crippen molar-refractivity contribution >= 4 is 75.8 Å². The Balaban J connectivity index is 1.01. The van der Waals surface area contributed by atoms with Gasteiger partial charge in [0, 0.05) is 21.8 Å². The standard InChI is InChI=1S/C59H38O/c1-59(2)51-25-12-11-19-43(51)49-30-31-52-56(57(49)59)50-34-38-15-4-6-18-42(38)54(58(50)60-52)40-29-27-36-32-39(28-26-37(36)33-40)53-45-20-7-9-22-47(45)55(48-23-10-8-21-46(48)53)44-24-13-16-35-14-3-5-17-41(35)44/h3-34H,1-2H3. The van der Waals surface area contributed by atoms with Crippen molar-refractivity contribution in [2.75, 3.05) is 0 Å². The quantitative estimate of drug-likeness (QED) is 0.163. The molecular weight excluding hydrogens is 725 g/mol. The van der Waals surface area contributed by atoms with Crippen molar-refractivity contribution in [3.63, 3.8) is 0 Å². The van der Waals surface area contributed by atoms with E-state index < -0.39 is 0 Å². The average molecular weight is 763 g/mol. The Hall–Kier alpha value is -7.48. The molecule has 1 heterocycles. The van der Waals surface area contributed by atoms with Crippen LogP contribution in [0.15, 0.2) is 199 Å². The molecule has 12 aromatic rings. The highest BCUT2D eigenvalue weighted by atomic mass is 16.3. The lowest BCUT2D eigenvalue weighted by molar-refractivity contribution is 0.657. The molecule has 1 nitrogen and oxygen atoms in total. The van der Waals surface area contributed by atoms with Crippen LogP contribution in [-0.2, 0) is 5.41 Å². The van der Waals surface area contributed by atoms with Gasteiger partial charge in [0.2, 0.25) is 0 Å². The molecule has 0 saturated carbocycles. The third-order valence-corrected chi connectivity index (χ3v) is 13.6. The molecule has 1 heteroatoms. The smallest absolute Gasteiger partial charge is 0.143 e. The molecule has 60 heavy (non-hydrogen) atoms. The summed E-state index contributed by atoms with van der Waals surface area (Å²) < 4.78 is 7.00. The lowest BCUT2D eigenvalue weighted by Crippen LogP contribution is -2.15. The fourth-order valence-electron chi connectivity index (χ4n) is 11.0. The van der Waals surface area contributed by atoms with Crippen molar-refractivity contribution in [1.29, 1.82) is 0 Å². The van der Waals surface area contributed by atoms with E-state index in [1.54, 1.807) is 0 Å². The molecule has 0 N–H and O–H groups in total. The first kappa shape index (κ1) is 33.5. The fourth-order valence-corrected chi connectivity index (χ4v) is 11.0. The number of hydrogen-bond acceptors (Lipinski definition) is 1. The Bertz CT molecular complexity index is 3740. The summed E-state index contributed by atoms with van der Waals surface area (Å²) in [5, 5.41) is 14.8. The summed E-state index contributed by atoms with van der Waals surface area (Å²) in [4.78, 5) is 0. The largest absolute Gasteiger partial charge is 0.455 e. The molecule has 0 saturated heterocycles. The van der Waals surface area contributed by atoms with E-state index in [0.717, 1.165) is 22.3 Å². The van der Waals surface area contributed by atoms with Gasteiger partial charge in [-0.15, -0.1) is 0 Å². The van der Waals surface area contributed by atoms with E-state index in [0.29, 0.717) is 0 Å². The molecule has 0 radical (unpaired) electrons. The predicted molar refractivity (Wildman–Crippen MR) is 255 cm³/mol. The molecule has 1 aliphatic carbocycles. The molecule has 0 spiro atoms. The summed E-state index contributed by atoms with van der Waals surface area (Å²) in [6, 6.07) is 71.8. The highest BCUT2D eigenvalue weighted by Gasteiger charge is 2.38. The minimum absolute atomic E-state index is 0.151. The Morgan fingerprint density at radius 3 is 1.62 bits per heavy atom. The van der Waals surface area contributed by atoms with Crippen LogP contribution in [-0.4, -0.2) is 0 Å². The summed E-state index contributed by atoms with van der Waals surface area (Å²) in [5.74, 6) is 0. The predicted octanol–water partition coefficient (Wildman–Crippen LogP) is 16.7. The SMILES string of the molecule is CC1(C)c2ccccc2-c2ccc3oc4c(-c5ccc6cc(-c7c8ccccc8c(-c8cccc9ccccc89)c8ccccc78)ccc6c5)c5ccccc5cc4c3c21. The summed E-state index contributed by atoms with van der Waals surface area (Å²) in [6.07, 6.45) is 0. The third-order valence-electron chi connectivity index (χ3n) is 13.6. The van der Waals surface area contributed by atoms with E-state index in [1.165, 1.54) is 109 Å². The van der Waals surface area contributed by atoms with E-state index in [2.05, 4.69) is 208 Å². The van der Waals surface area contributed by atoms with Gasteiger partial charge in [0.1, 0.15) is 11.2 Å². The second-order valence-corrected chi connectivity index (χ2v) is 17.1. The van der Waals surface area contributed by atoms with E-state index >= 15 is 0 Å². The first-order valence-electron chi connectivity index (χ1n) is 21.0. The summed E-state index contributed by atoms with van der Waals surface area (Å²) in [6.45, 7) is 4.72. The van der Waals surface area contributed by atoms with Gasteiger partial charge in [0.15, 0.2) is 0 Å². The highest BCUT2D eigenvalue weighted by molar-refractivity contribution is 6.24. The fraction of sp³-hybridized carbons (Fsp3) is 0.0508. The second-order valence-electron chi connectivity index (χ2n) is 17.1. The maximum atomic E-state index is 7.00. The van der Waals surface area contributed by atoms with Gasteiger partial charge in [-0.25, -0.2) is 0 Å². The Kier molecular flexibility index (Phi) is 6.85. The zero-order valence-corrected chi connectivity index (χ0v) is 33.4. The van der Waals surface area contributed by atoms with Crippen molar-refractivity contribution < 1.29 is 4.42 Å². The topological polar surface area (TPSA) is 13.1 Å². The van der Waals surface area contributed by atoms with Crippen LogP contribution in [0.25, 0.3) is 120 Å². The minimum atomic E-state index is -0.151. The van der Waals surface area contributed by atoms with Gasteiger partial charge in [-0.3, -0.25) is 0 Å². The summed E-state index contributed by atoms with van der Waals surface area (Å²) >= 11 is 0. The van der Waals surface area contributed by atoms with Crippen molar-refractivity contribution in [2.24, 2.45) is 0 Å². The number of rotatable bonds is 3. The van der Waals surface area contributed by atoms with E-state index in [9.17, 15) is 0 Å². The van der Waals surface area contributed by atoms with Gasteiger partial charge in [-0.2, -0.15) is 0 Å². The Morgan fingerprint density at radius 1 is 0.350 bits per heavy atom. The molecule has 0 bridgehead atoms. The van der Waals surface area contributed by atoms with Crippen LogP contribution < -0.4 is 0 Å². The average Bonchev–Trinajstić information content (AvgIpc) is 3.77. The van der Waals surface area contributed by atoms with Crippen LogP contribution in [0.5, 0.6) is 0 Å². The molecule has 13 rings (SSSR count). The maximum absolute atomic E-state index is 7.00. The van der Waals surface area contributed by atoms with Gasteiger partial charge in [0.05, 0.1) is 0 Å². The molecule has 0 amide bonds. The molecule has 11 aromatic carbocycles. The van der Waals surface area contributed by atoms with Crippen LogP contribution in [0, 0.1) is 0 Å². The maximum Gasteiger partial charge on any atom is 0.143 e. The Morgan fingerprint density at radius 2 is 0.900 bits per heavy atom. The van der Waals surface area contributed by atoms with Crippen LogP contribution >= 0.6 is 0 Å². The number of furan rings is 1. The van der Waals surface area contributed by atoms with Gasteiger partial charge in [-0.1, -0.05) is 184 Å². The third kappa shape index (κ3) is 4.58. The van der Waals surface area contributed by atoms with Crippen molar-refractivity contribution in [1.82, 2.24) is 0 Å². The molecule has 280 valence electrons. The zero-order valence-electron chi connectivity index (χ0n) is 33.4. The van der Waals surface area contributed by atoms with Crippen LogP contribution in [0.1, 0.15) is 25.0 Å². The molecule has 0 fully saturated rings. The van der Waals surface area contributed by atoms with Gasteiger partial charge < -0.3 is 4.42 Å². The lowest BCUT2D eigenvalue weighted by atomic mass is 9.80. The molecule has 0 atom stereocenters. The van der Waals surface area contributed by atoms with E-state index in [1.807, 2.05) is 0 Å². The first-order chi connectivity index (χ1) is 29.5. The van der Waals surface area contributed by atoms with E-state index in [4.69, 9.17) is 4.42 Å². The van der Waals surface area contributed by atoms with Gasteiger partial charge >= 0.3 is 0 Å². The van der Waals surface area contributed by atoms with Gasteiger partial charge in [-0.05, 0) is 128 Å². The van der Waals surface area contributed by atoms with E-state index in [-0.39, 0.29) is 5.41 Å². The molecule has 1 aromatic heterocycles. The Labute approximate surface area is 347 Å². The number of benzene rings is 11. The molecule has 0 unspecified atom stereocenters. The monoisotopic (exact) mass is 762 g/mol. The molecule has 0 aliphatic heterocycles. The number of fused-ring (bicyclic) bond motifs is 12. The normalized spacial score (nSPS) is 13.3. The lowest BCUT2D eigenvalue weighted by Gasteiger charge is -2.22. The van der Waals surface area contributed by atoms with Crippen LogP contribution in [0.3, 0.4) is 0 Å². The summed E-state index contributed by atoms with van der Waals surface area (Å²) in [7, 11) is 0. The van der Waals surface area contributed by atoms with Crippen LogP contribution in [0.2, 0.25) is 0 Å². The highest BCUT2D eigenvalue weighted by Crippen LogP contribution is 2.54. The number of hydrogen-bond donors (Lipinski definition) is 0. The second kappa shape index (κ2) is 12.3. The van der Waals surface area contributed by atoms with Crippen molar-refractivity contribution in [3.8, 4) is 44.5 Å². The van der Waals surface area contributed by atoms with Crippen LogP contribution in [0.4, 0.5) is 0 Å². The van der Waals surface area contributed by atoms with Crippen molar-refractivity contribution in [2.45, 2.75) is 19.3 Å². The minimum Gasteiger partial charge on any atom is -0.455 e. The molecular formula is C59H38O. The van der Waals surface area contributed by atoms with Crippen molar-refractivity contribution in [3.05, 3.63) is 205 Å². The molecule has 1 aliphatic rings. The zero-order chi connectivity index (χ0) is 39.7. The van der Waals surface area contributed by atoms with Gasteiger partial charge in [0.25, 0.3) is 0 Å². The first-order valence-corrected chi connectivity index (χ1v) is 21.0.